The third-order valence-corrected chi connectivity index (χ3v) is 3.83. The van der Waals surface area contributed by atoms with Gasteiger partial charge in [0.1, 0.15) is 5.75 Å². The zero-order valence-electron chi connectivity index (χ0n) is 13.9. The van der Waals surface area contributed by atoms with Gasteiger partial charge in [-0.3, -0.25) is 14.9 Å². The largest absolute Gasteiger partial charge is 0.496 e. The van der Waals surface area contributed by atoms with Gasteiger partial charge in [0.2, 0.25) is 0 Å². The molecule has 1 amide bonds. The fourth-order valence-corrected chi connectivity index (χ4v) is 2.57. The molecule has 3 aromatic rings. The third kappa shape index (κ3) is 3.51. The fraction of sp³-hybridized carbons (Fsp3) is 0.0526. The number of hydrogen-bond acceptors (Lipinski definition) is 5. The number of rotatable bonds is 5. The molecule has 0 aliphatic rings. The summed E-state index contributed by atoms with van der Waals surface area (Å²) < 4.78 is 5.34. The van der Waals surface area contributed by atoms with Gasteiger partial charge in [-0.25, -0.2) is 5.43 Å². The van der Waals surface area contributed by atoms with Crippen LogP contribution in [0.5, 0.6) is 5.75 Å². The zero-order valence-corrected chi connectivity index (χ0v) is 13.9. The number of methoxy groups -OCH3 is 1. The number of carbonyl (C=O) groups excluding carboxylic acids is 1. The molecule has 3 rings (SSSR count). The molecule has 0 fully saturated rings. The molecule has 0 atom stereocenters. The Morgan fingerprint density at radius 2 is 1.88 bits per heavy atom. The first-order valence-electron chi connectivity index (χ1n) is 7.74. The number of nitro benzene ring substituents is 1. The van der Waals surface area contributed by atoms with Crippen molar-refractivity contribution in [2.75, 3.05) is 7.11 Å². The topological polar surface area (TPSA) is 93.8 Å². The van der Waals surface area contributed by atoms with Gasteiger partial charge >= 0.3 is 0 Å². The van der Waals surface area contributed by atoms with Gasteiger partial charge < -0.3 is 4.74 Å². The first kappa shape index (κ1) is 17.1. The summed E-state index contributed by atoms with van der Waals surface area (Å²) in [5.74, 6) is 0.223. The van der Waals surface area contributed by atoms with E-state index in [0.717, 1.165) is 22.1 Å². The average Bonchev–Trinajstić information content (AvgIpc) is 2.68. The number of ether oxygens (including phenoxy) is 1. The second kappa shape index (κ2) is 7.43. The van der Waals surface area contributed by atoms with Crippen molar-refractivity contribution in [2.45, 2.75) is 0 Å². The first-order chi connectivity index (χ1) is 12.6. The number of nitrogens with one attached hydrogen (secondary N) is 1. The average molecular weight is 349 g/mol. The van der Waals surface area contributed by atoms with Crippen LogP contribution in [0, 0.1) is 10.1 Å². The number of hydrazone groups is 1. The maximum atomic E-state index is 12.1. The number of amides is 1. The molecule has 0 saturated carbocycles. The Labute approximate surface area is 149 Å². The molecule has 0 aliphatic heterocycles. The molecule has 1 N–H and O–H groups in total. The van der Waals surface area contributed by atoms with Gasteiger partial charge in [0.05, 0.1) is 18.2 Å². The van der Waals surface area contributed by atoms with Gasteiger partial charge in [0.15, 0.2) is 0 Å². The SMILES string of the molecule is COc1ccc(/C=N\NC(=O)c2cccc([N+](=O)[O-])c2)c2ccccc12. The molecule has 7 heteroatoms. The molecular weight excluding hydrogens is 334 g/mol. The van der Waals surface area contributed by atoms with Crippen LogP contribution in [0.2, 0.25) is 0 Å². The zero-order chi connectivity index (χ0) is 18.5. The fourth-order valence-electron chi connectivity index (χ4n) is 2.57. The smallest absolute Gasteiger partial charge is 0.271 e. The third-order valence-electron chi connectivity index (χ3n) is 3.83. The monoisotopic (exact) mass is 349 g/mol. The van der Waals surface area contributed by atoms with E-state index in [1.165, 1.54) is 30.5 Å². The lowest BCUT2D eigenvalue weighted by molar-refractivity contribution is -0.384. The molecular formula is C19H15N3O4. The molecule has 0 bridgehead atoms. The summed E-state index contributed by atoms with van der Waals surface area (Å²) in [4.78, 5) is 22.3. The van der Waals surface area contributed by atoms with E-state index in [9.17, 15) is 14.9 Å². The van der Waals surface area contributed by atoms with E-state index in [2.05, 4.69) is 10.5 Å². The summed E-state index contributed by atoms with van der Waals surface area (Å²) in [5.41, 5.74) is 3.20. The van der Waals surface area contributed by atoms with Crippen molar-refractivity contribution in [2.24, 2.45) is 5.10 Å². The molecule has 130 valence electrons. The van der Waals surface area contributed by atoms with Crippen molar-refractivity contribution in [1.29, 1.82) is 0 Å². The van der Waals surface area contributed by atoms with E-state index in [-0.39, 0.29) is 11.3 Å². The predicted molar refractivity (Wildman–Crippen MR) is 98.7 cm³/mol. The molecule has 0 saturated heterocycles. The van der Waals surface area contributed by atoms with Gasteiger partial charge in [-0.15, -0.1) is 0 Å². The number of fused-ring (bicyclic) bond motifs is 1. The van der Waals surface area contributed by atoms with E-state index in [1.807, 2.05) is 36.4 Å². The highest BCUT2D eigenvalue weighted by Crippen LogP contribution is 2.27. The highest BCUT2D eigenvalue weighted by Gasteiger charge is 2.11. The molecule has 3 aromatic carbocycles. The highest BCUT2D eigenvalue weighted by atomic mass is 16.6. The Kier molecular flexibility index (Phi) is 4.89. The quantitative estimate of drug-likeness (QED) is 0.433. The predicted octanol–water partition coefficient (Wildman–Crippen LogP) is 3.52. The van der Waals surface area contributed by atoms with Crippen LogP contribution in [0.15, 0.2) is 65.8 Å². The number of carbonyl (C=O) groups is 1. The summed E-state index contributed by atoms with van der Waals surface area (Å²) in [6.07, 6.45) is 1.52. The maximum absolute atomic E-state index is 12.1. The lowest BCUT2D eigenvalue weighted by atomic mass is 10.0. The van der Waals surface area contributed by atoms with E-state index in [0.29, 0.717) is 0 Å². The van der Waals surface area contributed by atoms with Gasteiger partial charge in [-0.2, -0.15) is 5.10 Å². The van der Waals surface area contributed by atoms with Crippen molar-refractivity contribution in [1.82, 2.24) is 5.43 Å². The molecule has 0 radical (unpaired) electrons. The van der Waals surface area contributed by atoms with Crippen molar-refractivity contribution in [3.63, 3.8) is 0 Å². The molecule has 0 aromatic heterocycles. The number of hydrogen-bond donors (Lipinski definition) is 1. The summed E-state index contributed by atoms with van der Waals surface area (Å²) >= 11 is 0. The number of nitro groups is 1. The van der Waals surface area contributed by atoms with Gasteiger partial charge in [0.25, 0.3) is 11.6 Å². The second-order valence-corrected chi connectivity index (χ2v) is 5.41. The van der Waals surface area contributed by atoms with Crippen LogP contribution in [0.3, 0.4) is 0 Å². The Balaban J connectivity index is 1.81. The van der Waals surface area contributed by atoms with Crippen LogP contribution >= 0.6 is 0 Å². The normalized spacial score (nSPS) is 10.8. The van der Waals surface area contributed by atoms with Gasteiger partial charge in [0, 0.05) is 28.6 Å². The van der Waals surface area contributed by atoms with Gasteiger partial charge in [-0.1, -0.05) is 30.3 Å². The van der Waals surface area contributed by atoms with E-state index in [1.54, 1.807) is 7.11 Å². The summed E-state index contributed by atoms with van der Waals surface area (Å²) in [6.45, 7) is 0. The second-order valence-electron chi connectivity index (χ2n) is 5.41. The van der Waals surface area contributed by atoms with Crippen LogP contribution in [0.25, 0.3) is 10.8 Å². The van der Waals surface area contributed by atoms with Crippen LogP contribution in [-0.2, 0) is 0 Å². The Morgan fingerprint density at radius 1 is 1.12 bits per heavy atom. The molecule has 0 spiro atoms. The summed E-state index contributed by atoms with van der Waals surface area (Å²) in [5, 5.41) is 16.6. The van der Waals surface area contributed by atoms with Crippen LogP contribution in [-0.4, -0.2) is 24.2 Å². The molecule has 0 aliphatic carbocycles. The maximum Gasteiger partial charge on any atom is 0.271 e. The minimum atomic E-state index is -0.552. The molecule has 0 unspecified atom stereocenters. The van der Waals surface area contributed by atoms with Crippen LogP contribution < -0.4 is 10.2 Å². The van der Waals surface area contributed by atoms with Crippen molar-refractivity contribution < 1.29 is 14.5 Å². The standard InChI is InChI=1S/C19H15N3O4/c1-26-18-10-9-14(16-7-2-3-8-17(16)18)12-20-21-19(23)13-5-4-6-15(11-13)22(24)25/h2-12H,1H3,(H,21,23)/b20-12-. The van der Waals surface area contributed by atoms with E-state index < -0.39 is 10.8 Å². The Hall–Kier alpha value is -3.74. The van der Waals surface area contributed by atoms with Crippen molar-refractivity contribution >= 4 is 28.6 Å². The minimum Gasteiger partial charge on any atom is -0.496 e. The Morgan fingerprint density at radius 3 is 2.62 bits per heavy atom. The number of nitrogens with zero attached hydrogens (tertiary/aromatic N) is 2. The highest BCUT2D eigenvalue weighted by molar-refractivity contribution is 6.03. The summed E-state index contributed by atoms with van der Waals surface area (Å²) in [6, 6.07) is 16.8. The van der Waals surface area contributed by atoms with Crippen molar-refractivity contribution in [3.8, 4) is 5.75 Å². The lowest BCUT2D eigenvalue weighted by Gasteiger charge is -2.07. The molecule has 26 heavy (non-hydrogen) atoms. The minimum absolute atomic E-state index is 0.150. The molecule has 0 heterocycles. The van der Waals surface area contributed by atoms with E-state index in [4.69, 9.17) is 4.74 Å². The van der Waals surface area contributed by atoms with Gasteiger partial charge in [-0.05, 0) is 23.6 Å². The van der Waals surface area contributed by atoms with Crippen LogP contribution in [0.1, 0.15) is 15.9 Å². The Bertz CT molecular complexity index is 1010. The van der Waals surface area contributed by atoms with Crippen molar-refractivity contribution in [3.05, 3.63) is 81.9 Å². The first-order valence-corrected chi connectivity index (χ1v) is 7.74. The molecule has 7 nitrogen and oxygen atoms in total. The summed E-state index contributed by atoms with van der Waals surface area (Å²) in [7, 11) is 1.61. The van der Waals surface area contributed by atoms with E-state index >= 15 is 0 Å². The van der Waals surface area contributed by atoms with Crippen LogP contribution in [0.4, 0.5) is 5.69 Å². The number of non-ortho nitro benzene ring substituents is 1. The number of benzene rings is 3. The lowest BCUT2D eigenvalue weighted by Crippen LogP contribution is -2.17.